The number of ether oxygens (including phenoxy) is 1. The molecule has 2 N–H and O–H groups in total. The zero-order chi connectivity index (χ0) is 23.8. The van der Waals surface area contributed by atoms with Crippen molar-refractivity contribution in [2.75, 3.05) is 6.61 Å². The van der Waals surface area contributed by atoms with Crippen LogP contribution in [0.1, 0.15) is 36.1 Å². The molecular formula is C26H26F2N2O3. The molecule has 1 atom stereocenters. The second kappa shape index (κ2) is 11.2. The number of halogens is 2. The van der Waals surface area contributed by atoms with Gasteiger partial charge >= 0.3 is 0 Å². The Morgan fingerprint density at radius 2 is 1.64 bits per heavy atom. The van der Waals surface area contributed by atoms with Crippen molar-refractivity contribution in [3.63, 3.8) is 0 Å². The lowest BCUT2D eigenvalue weighted by Gasteiger charge is -2.32. The summed E-state index contributed by atoms with van der Waals surface area (Å²) in [5.74, 6) is -1.01. The number of hydrogen-bond donors (Lipinski definition) is 1. The Hall–Kier alpha value is -3.74. The van der Waals surface area contributed by atoms with Crippen molar-refractivity contribution in [3.05, 3.63) is 101 Å². The molecule has 172 valence electrons. The summed E-state index contributed by atoms with van der Waals surface area (Å²) in [6, 6.07) is 18.5. The van der Waals surface area contributed by atoms with Gasteiger partial charge in [0.2, 0.25) is 5.91 Å². The van der Waals surface area contributed by atoms with Crippen molar-refractivity contribution in [1.82, 2.24) is 4.90 Å². The molecule has 0 radical (unpaired) electrons. The largest absolute Gasteiger partial charge is 0.484 e. The summed E-state index contributed by atoms with van der Waals surface area (Å²) < 4.78 is 32.9. The molecule has 3 rings (SSSR count). The first-order valence-corrected chi connectivity index (χ1v) is 10.6. The van der Waals surface area contributed by atoms with E-state index < -0.39 is 5.91 Å². The van der Waals surface area contributed by atoms with Crippen molar-refractivity contribution in [2.24, 2.45) is 5.73 Å². The Bertz CT molecular complexity index is 1090. The number of nitrogens with two attached hydrogens (primary N) is 1. The molecule has 33 heavy (non-hydrogen) atoms. The third kappa shape index (κ3) is 6.87. The first-order valence-electron chi connectivity index (χ1n) is 10.6. The summed E-state index contributed by atoms with van der Waals surface area (Å²) in [6.45, 7) is 1.87. The molecule has 0 saturated carbocycles. The predicted molar refractivity (Wildman–Crippen MR) is 121 cm³/mol. The van der Waals surface area contributed by atoms with Crippen LogP contribution in [0.25, 0.3) is 0 Å². The van der Waals surface area contributed by atoms with Gasteiger partial charge in [-0.15, -0.1) is 0 Å². The van der Waals surface area contributed by atoms with E-state index in [1.807, 2.05) is 6.92 Å². The van der Waals surface area contributed by atoms with Gasteiger partial charge in [0, 0.05) is 6.54 Å². The Morgan fingerprint density at radius 3 is 2.24 bits per heavy atom. The highest BCUT2D eigenvalue weighted by Crippen LogP contribution is 2.27. The van der Waals surface area contributed by atoms with Crippen LogP contribution in [-0.2, 0) is 22.6 Å². The van der Waals surface area contributed by atoms with Crippen molar-refractivity contribution in [3.8, 4) is 5.75 Å². The van der Waals surface area contributed by atoms with Crippen LogP contribution in [0.2, 0.25) is 0 Å². The predicted octanol–water partition coefficient (Wildman–Crippen LogP) is 4.55. The van der Waals surface area contributed by atoms with E-state index in [9.17, 15) is 18.4 Å². The molecule has 3 aromatic carbocycles. The molecule has 0 aliphatic rings. The van der Waals surface area contributed by atoms with Crippen LogP contribution in [0.3, 0.4) is 0 Å². The van der Waals surface area contributed by atoms with Gasteiger partial charge in [-0.1, -0.05) is 43.3 Å². The van der Waals surface area contributed by atoms with E-state index in [0.29, 0.717) is 17.7 Å². The maximum Gasteiger partial charge on any atom is 0.261 e. The smallest absolute Gasteiger partial charge is 0.261 e. The molecule has 5 nitrogen and oxygen atoms in total. The number of benzene rings is 3. The van der Waals surface area contributed by atoms with E-state index in [1.54, 1.807) is 53.4 Å². The Kier molecular flexibility index (Phi) is 8.13. The minimum absolute atomic E-state index is 0.122. The van der Waals surface area contributed by atoms with Gasteiger partial charge in [0.1, 0.15) is 17.4 Å². The molecule has 3 aromatic rings. The van der Waals surface area contributed by atoms with Crippen LogP contribution >= 0.6 is 0 Å². The monoisotopic (exact) mass is 452 g/mol. The van der Waals surface area contributed by atoms with Gasteiger partial charge in [0.15, 0.2) is 6.61 Å². The molecule has 1 unspecified atom stereocenters. The number of nitrogens with zero attached hydrogens (tertiary/aromatic N) is 1. The summed E-state index contributed by atoms with van der Waals surface area (Å²) >= 11 is 0. The number of carbonyl (C=O) groups excluding carboxylic acids is 2. The average molecular weight is 453 g/mol. The molecule has 7 heteroatoms. The number of rotatable bonds is 10. The van der Waals surface area contributed by atoms with Gasteiger partial charge in [0.25, 0.3) is 5.91 Å². The summed E-state index contributed by atoms with van der Waals surface area (Å²) in [5, 5.41) is 0. The normalized spacial score (nSPS) is 11.6. The van der Waals surface area contributed by atoms with Crippen molar-refractivity contribution >= 4 is 11.8 Å². The maximum absolute atomic E-state index is 13.8. The zero-order valence-electron chi connectivity index (χ0n) is 18.3. The Morgan fingerprint density at radius 1 is 0.939 bits per heavy atom. The quantitative estimate of drug-likeness (QED) is 0.491. The summed E-state index contributed by atoms with van der Waals surface area (Å²) in [7, 11) is 0. The van der Waals surface area contributed by atoms with E-state index in [0.717, 1.165) is 11.1 Å². The van der Waals surface area contributed by atoms with Crippen molar-refractivity contribution in [2.45, 2.75) is 32.4 Å². The summed E-state index contributed by atoms with van der Waals surface area (Å²) in [4.78, 5) is 25.9. The lowest BCUT2D eigenvalue weighted by Crippen LogP contribution is -2.37. The highest BCUT2D eigenvalue weighted by Gasteiger charge is 2.25. The zero-order valence-corrected chi connectivity index (χ0v) is 18.3. The summed E-state index contributed by atoms with van der Waals surface area (Å²) in [5.41, 5.74) is 7.36. The third-order valence-corrected chi connectivity index (χ3v) is 5.24. The van der Waals surface area contributed by atoms with E-state index >= 15 is 0 Å². The summed E-state index contributed by atoms with van der Waals surface area (Å²) in [6.07, 6.45) is 0.699. The maximum atomic E-state index is 13.8. The lowest BCUT2D eigenvalue weighted by atomic mass is 10.0. The highest BCUT2D eigenvalue weighted by atomic mass is 19.1. The SMILES string of the molecule is CCC(c1ccc(F)cc1)N(Cc1cccc(F)c1)C(=O)COc1ccc(CC(N)=O)cc1. The van der Waals surface area contributed by atoms with Crippen LogP contribution in [0.4, 0.5) is 8.78 Å². The molecule has 0 aromatic heterocycles. The topological polar surface area (TPSA) is 72.6 Å². The van der Waals surface area contributed by atoms with Crippen molar-refractivity contribution in [1.29, 1.82) is 0 Å². The fourth-order valence-corrected chi connectivity index (χ4v) is 3.66. The van der Waals surface area contributed by atoms with Crippen LogP contribution in [0.5, 0.6) is 5.75 Å². The minimum atomic E-state index is -0.432. The van der Waals surface area contributed by atoms with Gasteiger partial charge in [-0.2, -0.15) is 0 Å². The van der Waals surface area contributed by atoms with E-state index in [1.165, 1.54) is 24.3 Å². The van der Waals surface area contributed by atoms with Gasteiger partial charge in [0.05, 0.1) is 12.5 Å². The fraction of sp³-hybridized carbons (Fsp3) is 0.231. The van der Waals surface area contributed by atoms with Gasteiger partial charge in [-0.3, -0.25) is 9.59 Å². The number of hydrogen-bond acceptors (Lipinski definition) is 3. The molecule has 0 heterocycles. The van der Waals surface area contributed by atoms with Crippen LogP contribution in [0.15, 0.2) is 72.8 Å². The Balaban J connectivity index is 1.79. The van der Waals surface area contributed by atoms with Gasteiger partial charge in [-0.25, -0.2) is 8.78 Å². The number of carbonyl (C=O) groups is 2. The van der Waals surface area contributed by atoms with Crippen LogP contribution in [0, 0.1) is 11.6 Å². The first-order chi connectivity index (χ1) is 15.9. The second-order valence-electron chi connectivity index (χ2n) is 7.70. The number of primary amides is 1. The molecule has 0 aliphatic carbocycles. The molecular weight excluding hydrogens is 426 g/mol. The molecule has 0 spiro atoms. The second-order valence-corrected chi connectivity index (χ2v) is 7.70. The lowest BCUT2D eigenvalue weighted by molar-refractivity contribution is -0.136. The average Bonchev–Trinajstić information content (AvgIpc) is 2.79. The molecule has 0 aliphatic heterocycles. The van der Waals surface area contributed by atoms with E-state index in [4.69, 9.17) is 10.5 Å². The van der Waals surface area contributed by atoms with Crippen molar-refractivity contribution < 1.29 is 23.1 Å². The Labute approximate surface area is 191 Å². The third-order valence-electron chi connectivity index (χ3n) is 5.24. The van der Waals surface area contributed by atoms with Crippen LogP contribution in [-0.4, -0.2) is 23.3 Å². The first kappa shape index (κ1) is 23.9. The molecule has 0 bridgehead atoms. The van der Waals surface area contributed by atoms with E-state index in [2.05, 4.69) is 0 Å². The van der Waals surface area contributed by atoms with Gasteiger partial charge < -0.3 is 15.4 Å². The molecule has 2 amide bonds. The fourth-order valence-electron chi connectivity index (χ4n) is 3.66. The molecule has 0 saturated heterocycles. The highest BCUT2D eigenvalue weighted by molar-refractivity contribution is 5.78. The van der Waals surface area contributed by atoms with Gasteiger partial charge in [-0.05, 0) is 59.5 Å². The minimum Gasteiger partial charge on any atom is -0.484 e. The van der Waals surface area contributed by atoms with E-state index in [-0.39, 0.29) is 43.2 Å². The number of amides is 2. The van der Waals surface area contributed by atoms with Crippen LogP contribution < -0.4 is 10.5 Å². The molecule has 0 fully saturated rings. The standard InChI is InChI=1S/C26H26F2N2O3/c1-2-24(20-8-10-21(27)11-9-20)30(16-19-4-3-5-22(28)14-19)26(32)17-33-23-12-6-18(7-13-23)15-25(29)31/h3-14,24H,2,15-17H2,1H3,(H2,29,31).